The third-order valence-electron chi connectivity index (χ3n) is 2.50. The van der Waals surface area contributed by atoms with Crippen molar-refractivity contribution in [3.8, 4) is 0 Å². The number of aromatic nitrogens is 2. The lowest BCUT2D eigenvalue weighted by atomic mass is 10.2. The van der Waals surface area contributed by atoms with Crippen LogP contribution in [0.15, 0.2) is 24.4 Å². The van der Waals surface area contributed by atoms with E-state index in [9.17, 15) is 9.18 Å². The first-order valence-electron chi connectivity index (χ1n) is 5.34. The SMILES string of the molecule is Cc1ccc(NC(=O)c2nn(C)cc2N)cc1F. The number of hydrogen-bond donors (Lipinski definition) is 2. The van der Waals surface area contributed by atoms with Crippen molar-refractivity contribution in [2.45, 2.75) is 6.92 Å². The van der Waals surface area contributed by atoms with Crippen molar-refractivity contribution in [3.63, 3.8) is 0 Å². The maximum atomic E-state index is 13.3. The summed E-state index contributed by atoms with van der Waals surface area (Å²) < 4.78 is 14.8. The molecule has 0 fully saturated rings. The van der Waals surface area contributed by atoms with E-state index in [0.29, 0.717) is 11.3 Å². The number of hydrogen-bond acceptors (Lipinski definition) is 3. The molecule has 1 aromatic heterocycles. The summed E-state index contributed by atoms with van der Waals surface area (Å²) in [5.41, 5.74) is 6.92. The first-order chi connectivity index (χ1) is 8.47. The zero-order chi connectivity index (χ0) is 13.3. The van der Waals surface area contributed by atoms with Crippen LogP contribution in [-0.4, -0.2) is 15.7 Å². The highest BCUT2D eigenvalue weighted by atomic mass is 19.1. The van der Waals surface area contributed by atoms with Crippen LogP contribution in [0, 0.1) is 12.7 Å². The highest BCUT2D eigenvalue weighted by Crippen LogP contribution is 2.16. The van der Waals surface area contributed by atoms with E-state index in [0.717, 1.165) is 0 Å². The Morgan fingerprint density at radius 2 is 2.22 bits per heavy atom. The van der Waals surface area contributed by atoms with E-state index in [4.69, 9.17) is 5.73 Å². The molecule has 0 radical (unpaired) electrons. The maximum absolute atomic E-state index is 13.3. The molecule has 2 rings (SSSR count). The van der Waals surface area contributed by atoms with Crippen molar-refractivity contribution in [1.82, 2.24) is 9.78 Å². The van der Waals surface area contributed by atoms with Gasteiger partial charge in [0, 0.05) is 18.9 Å². The quantitative estimate of drug-likeness (QED) is 0.849. The lowest BCUT2D eigenvalue weighted by Gasteiger charge is -2.05. The molecule has 0 unspecified atom stereocenters. The number of carbonyl (C=O) groups is 1. The third-order valence-corrected chi connectivity index (χ3v) is 2.50. The molecular formula is C12H13FN4O. The molecule has 0 atom stereocenters. The van der Waals surface area contributed by atoms with Crippen molar-refractivity contribution >= 4 is 17.3 Å². The molecule has 1 aromatic carbocycles. The van der Waals surface area contributed by atoms with Gasteiger partial charge in [-0.1, -0.05) is 6.07 Å². The Balaban J connectivity index is 2.21. The number of anilines is 2. The predicted molar refractivity (Wildman–Crippen MR) is 66.7 cm³/mol. The zero-order valence-electron chi connectivity index (χ0n) is 10.1. The van der Waals surface area contributed by atoms with Crippen LogP contribution in [0.4, 0.5) is 15.8 Å². The van der Waals surface area contributed by atoms with E-state index in [1.807, 2.05) is 0 Å². The number of nitrogens with two attached hydrogens (primary N) is 1. The van der Waals surface area contributed by atoms with Crippen molar-refractivity contribution < 1.29 is 9.18 Å². The number of nitrogens with zero attached hydrogens (tertiary/aromatic N) is 2. The van der Waals surface area contributed by atoms with Crippen LogP contribution >= 0.6 is 0 Å². The molecule has 0 bridgehead atoms. The van der Waals surface area contributed by atoms with E-state index >= 15 is 0 Å². The fourth-order valence-corrected chi connectivity index (χ4v) is 1.54. The second kappa shape index (κ2) is 4.48. The topological polar surface area (TPSA) is 72.9 Å². The number of nitrogens with one attached hydrogen (secondary N) is 1. The number of carbonyl (C=O) groups excluding carboxylic acids is 1. The van der Waals surface area contributed by atoms with Gasteiger partial charge in [0.15, 0.2) is 5.69 Å². The molecule has 2 aromatic rings. The van der Waals surface area contributed by atoms with Gasteiger partial charge in [0.1, 0.15) is 5.82 Å². The summed E-state index contributed by atoms with van der Waals surface area (Å²) in [6, 6.07) is 4.47. The van der Waals surface area contributed by atoms with Crippen molar-refractivity contribution in [3.05, 3.63) is 41.5 Å². The van der Waals surface area contributed by atoms with Gasteiger partial charge < -0.3 is 11.1 Å². The fraction of sp³-hybridized carbons (Fsp3) is 0.167. The van der Waals surface area contributed by atoms with E-state index in [2.05, 4.69) is 10.4 Å². The van der Waals surface area contributed by atoms with Crippen LogP contribution in [0.3, 0.4) is 0 Å². The predicted octanol–water partition coefficient (Wildman–Crippen LogP) is 1.70. The van der Waals surface area contributed by atoms with Crippen LogP contribution in [0.2, 0.25) is 0 Å². The summed E-state index contributed by atoms with van der Waals surface area (Å²) >= 11 is 0. The van der Waals surface area contributed by atoms with Crippen LogP contribution in [0.5, 0.6) is 0 Å². The van der Waals surface area contributed by atoms with Gasteiger partial charge in [-0.05, 0) is 24.6 Å². The molecule has 1 amide bonds. The molecule has 18 heavy (non-hydrogen) atoms. The standard InChI is InChI=1S/C12H13FN4O/c1-7-3-4-8(5-9(7)13)15-12(18)11-10(14)6-17(2)16-11/h3-6H,14H2,1-2H3,(H,15,18). The Hall–Kier alpha value is -2.37. The molecule has 3 N–H and O–H groups in total. The Bertz CT molecular complexity index is 606. The zero-order valence-corrected chi connectivity index (χ0v) is 10.1. The molecule has 6 heteroatoms. The third kappa shape index (κ3) is 2.32. The summed E-state index contributed by atoms with van der Waals surface area (Å²) in [7, 11) is 1.67. The summed E-state index contributed by atoms with van der Waals surface area (Å²) in [5.74, 6) is -0.835. The number of benzene rings is 1. The molecular weight excluding hydrogens is 235 g/mol. The van der Waals surface area contributed by atoms with Crippen LogP contribution in [-0.2, 0) is 7.05 Å². The normalized spacial score (nSPS) is 10.4. The van der Waals surface area contributed by atoms with Crippen molar-refractivity contribution in [1.29, 1.82) is 0 Å². The van der Waals surface area contributed by atoms with Crippen LogP contribution < -0.4 is 11.1 Å². The molecule has 94 valence electrons. The van der Waals surface area contributed by atoms with Gasteiger partial charge in [0.25, 0.3) is 5.91 Å². The second-order valence-electron chi connectivity index (χ2n) is 4.02. The monoisotopic (exact) mass is 248 g/mol. The number of rotatable bonds is 2. The largest absolute Gasteiger partial charge is 0.396 e. The van der Waals surface area contributed by atoms with Gasteiger partial charge in [-0.2, -0.15) is 5.10 Å². The Kier molecular flexibility index (Phi) is 3.01. The van der Waals surface area contributed by atoms with E-state index < -0.39 is 5.91 Å². The van der Waals surface area contributed by atoms with E-state index in [1.165, 1.54) is 16.9 Å². The van der Waals surface area contributed by atoms with Gasteiger partial charge >= 0.3 is 0 Å². The number of nitrogen functional groups attached to an aromatic ring is 1. The average Bonchev–Trinajstić information content (AvgIpc) is 2.63. The summed E-state index contributed by atoms with van der Waals surface area (Å²) in [4.78, 5) is 11.9. The second-order valence-corrected chi connectivity index (χ2v) is 4.02. The first kappa shape index (κ1) is 12.1. The maximum Gasteiger partial charge on any atom is 0.278 e. The van der Waals surface area contributed by atoms with E-state index in [-0.39, 0.29) is 17.2 Å². The van der Waals surface area contributed by atoms with Gasteiger partial charge in [0.05, 0.1) is 5.69 Å². The molecule has 0 aliphatic heterocycles. The van der Waals surface area contributed by atoms with Gasteiger partial charge in [-0.3, -0.25) is 9.48 Å². The summed E-state index contributed by atoms with van der Waals surface area (Å²) in [6.07, 6.45) is 1.53. The van der Waals surface area contributed by atoms with E-state index in [1.54, 1.807) is 26.1 Å². The Labute approximate surface area is 103 Å². The van der Waals surface area contributed by atoms with Crippen LogP contribution in [0.25, 0.3) is 0 Å². The number of amides is 1. The Morgan fingerprint density at radius 1 is 1.50 bits per heavy atom. The molecule has 1 heterocycles. The fourth-order valence-electron chi connectivity index (χ4n) is 1.54. The molecule has 0 aliphatic carbocycles. The highest BCUT2D eigenvalue weighted by Gasteiger charge is 2.14. The average molecular weight is 248 g/mol. The molecule has 0 saturated carbocycles. The van der Waals surface area contributed by atoms with Gasteiger partial charge in [-0.15, -0.1) is 0 Å². The Morgan fingerprint density at radius 3 is 2.78 bits per heavy atom. The lowest BCUT2D eigenvalue weighted by Crippen LogP contribution is -2.14. The number of halogens is 1. The first-order valence-corrected chi connectivity index (χ1v) is 5.34. The molecule has 0 saturated heterocycles. The van der Waals surface area contributed by atoms with Crippen LogP contribution in [0.1, 0.15) is 16.1 Å². The molecule has 5 nitrogen and oxygen atoms in total. The minimum atomic E-state index is -0.462. The summed E-state index contributed by atoms with van der Waals surface area (Å²) in [6.45, 7) is 1.65. The number of aryl methyl sites for hydroxylation is 2. The van der Waals surface area contributed by atoms with Gasteiger partial charge in [0.2, 0.25) is 0 Å². The molecule has 0 spiro atoms. The van der Waals surface area contributed by atoms with Crippen molar-refractivity contribution in [2.24, 2.45) is 7.05 Å². The molecule has 0 aliphatic rings. The smallest absolute Gasteiger partial charge is 0.278 e. The van der Waals surface area contributed by atoms with Gasteiger partial charge in [-0.25, -0.2) is 4.39 Å². The van der Waals surface area contributed by atoms with Crippen molar-refractivity contribution in [2.75, 3.05) is 11.1 Å². The lowest BCUT2D eigenvalue weighted by molar-refractivity contribution is 0.102. The minimum Gasteiger partial charge on any atom is -0.396 e. The highest BCUT2D eigenvalue weighted by molar-refractivity contribution is 6.06. The minimum absolute atomic E-state index is 0.124. The summed E-state index contributed by atoms with van der Waals surface area (Å²) in [5, 5.41) is 6.48.